The van der Waals surface area contributed by atoms with Crippen LogP contribution in [0.25, 0.3) is 0 Å². The Hall–Kier alpha value is -2.69. The zero-order chi connectivity index (χ0) is 18.0. The van der Waals surface area contributed by atoms with Crippen molar-refractivity contribution in [2.24, 2.45) is 0 Å². The summed E-state index contributed by atoms with van der Waals surface area (Å²) in [6.07, 6.45) is 0.697. The molecule has 0 saturated carbocycles. The van der Waals surface area contributed by atoms with Crippen molar-refractivity contribution >= 4 is 11.7 Å². The highest BCUT2D eigenvalue weighted by Gasteiger charge is 2.34. The Kier molecular flexibility index (Phi) is 4.57. The van der Waals surface area contributed by atoms with E-state index in [-0.39, 0.29) is 17.7 Å². The van der Waals surface area contributed by atoms with Crippen molar-refractivity contribution in [1.29, 1.82) is 0 Å². The molecule has 2 aromatic rings. The molecule has 1 aliphatic heterocycles. The summed E-state index contributed by atoms with van der Waals surface area (Å²) in [4.78, 5) is 12.5. The predicted octanol–water partition coefficient (Wildman–Crippen LogP) is 4.43. The number of hydrogen-bond acceptors (Lipinski definition) is 3. The van der Waals surface area contributed by atoms with Crippen molar-refractivity contribution in [2.75, 3.05) is 12.4 Å². The van der Waals surface area contributed by atoms with Crippen molar-refractivity contribution in [3.63, 3.8) is 0 Å². The SMILES string of the molecule is COc1ccccc1NC(=O)N[C@H]1CC(C)(C)Oc2ccc(C)cc21. The molecule has 0 unspecified atom stereocenters. The number of hydrogen-bond donors (Lipinski definition) is 2. The van der Waals surface area contributed by atoms with Crippen LogP contribution in [-0.4, -0.2) is 18.7 Å². The molecule has 2 N–H and O–H groups in total. The average molecular weight is 340 g/mol. The molecule has 0 radical (unpaired) electrons. The highest BCUT2D eigenvalue weighted by Crippen LogP contribution is 2.39. The van der Waals surface area contributed by atoms with Gasteiger partial charge in [0.1, 0.15) is 17.1 Å². The third-order valence-electron chi connectivity index (χ3n) is 4.28. The van der Waals surface area contributed by atoms with Crippen molar-refractivity contribution < 1.29 is 14.3 Å². The summed E-state index contributed by atoms with van der Waals surface area (Å²) in [5, 5.41) is 5.94. The highest BCUT2D eigenvalue weighted by molar-refractivity contribution is 5.91. The summed E-state index contributed by atoms with van der Waals surface area (Å²) in [5.41, 5.74) is 2.44. The number of fused-ring (bicyclic) bond motifs is 1. The number of amides is 2. The molecule has 1 aliphatic rings. The molecule has 0 saturated heterocycles. The minimum absolute atomic E-state index is 0.117. The van der Waals surface area contributed by atoms with Crippen LogP contribution in [-0.2, 0) is 0 Å². The number of para-hydroxylation sites is 2. The van der Waals surface area contributed by atoms with Crippen LogP contribution in [0.4, 0.5) is 10.5 Å². The van der Waals surface area contributed by atoms with Crippen LogP contribution in [0.15, 0.2) is 42.5 Å². The number of ether oxygens (including phenoxy) is 2. The minimum Gasteiger partial charge on any atom is -0.495 e. The van der Waals surface area contributed by atoms with Gasteiger partial charge in [-0.25, -0.2) is 4.79 Å². The number of carbonyl (C=O) groups excluding carboxylic acids is 1. The quantitative estimate of drug-likeness (QED) is 0.869. The van der Waals surface area contributed by atoms with E-state index in [9.17, 15) is 4.79 Å². The zero-order valence-corrected chi connectivity index (χ0v) is 15.1. The van der Waals surface area contributed by atoms with Gasteiger partial charge >= 0.3 is 6.03 Å². The third-order valence-corrected chi connectivity index (χ3v) is 4.28. The van der Waals surface area contributed by atoms with Gasteiger partial charge in [0.2, 0.25) is 0 Å². The maximum absolute atomic E-state index is 12.5. The fourth-order valence-corrected chi connectivity index (χ4v) is 3.17. The van der Waals surface area contributed by atoms with E-state index in [0.29, 0.717) is 17.9 Å². The molecule has 25 heavy (non-hydrogen) atoms. The number of benzene rings is 2. The highest BCUT2D eigenvalue weighted by atomic mass is 16.5. The van der Waals surface area contributed by atoms with E-state index in [0.717, 1.165) is 16.9 Å². The topological polar surface area (TPSA) is 59.6 Å². The monoisotopic (exact) mass is 340 g/mol. The summed E-state index contributed by atoms with van der Waals surface area (Å²) in [6.45, 7) is 6.09. The first-order valence-corrected chi connectivity index (χ1v) is 8.38. The molecule has 0 bridgehead atoms. The number of methoxy groups -OCH3 is 1. The molecule has 0 aliphatic carbocycles. The van der Waals surface area contributed by atoms with Crippen LogP contribution in [0.2, 0.25) is 0 Å². The zero-order valence-electron chi connectivity index (χ0n) is 15.1. The van der Waals surface area contributed by atoms with E-state index >= 15 is 0 Å². The van der Waals surface area contributed by atoms with Gasteiger partial charge in [-0.05, 0) is 39.0 Å². The number of anilines is 1. The Bertz CT molecular complexity index is 786. The summed E-state index contributed by atoms with van der Waals surface area (Å²) in [7, 11) is 1.58. The largest absolute Gasteiger partial charge is 0.495 e. The van der Waals surface area contributed by atoms with Crippen molar-refractivity contribution in [2.45, 2.75) is 38.8 Å². The van der Waals surface area contributed by atoms with Gasteiger partial charge in [-0.15, -0.1) is 0 Å². The van der Waals surface area contributed by atoms with Gasteiger partial charge in [0.25, 0.3) is 0 Å². The van der Waals surface area contributed by atoms with E-state index in [1.54, 1.807) is 7.11 Å². The van der Waals surface area contributed by atoms with Crippen LogP contribution in [0.5, 0.6) is 11.5 Å². The number of nitrogens with one attached hydrogen (secondary N) is 2. The molecular formula is C20H24N2O3. The van der Waals surface area contributed by atoms with E-state index in [2.05, 4.69) is 16.7 Å². The van der Waals surface area contributed by atoms with Crippen LogP contribution in [0.1, 0.15) is 37.4 Å². The molecule has 5 nitrogen and oxygen atoms in total. The lowest BCUT2D eigenvalue weighted by Crippen LogP contribution is -2.42. The summed E-state index contributed by atoms with van der Waals surface area (Å²) in [5.74, 6) is 1.45. The van der Waals surface area contributed by atoms with Crippen LogP contribution in [0.3, 0.4) is 0 Å². The van der Waals surface area contributed by atoms with Crippen LogP contribution in [0, 0.1) is 6.92 Å². The second-order valence-electron chi connectivity index (χ2n) is 6.96. The Balaban J connectivity index is 1.80. The van der Waals surface area contributed by atoms with Gasteiger partial charge in [0.15, 0.2) is 0 Å². The van der Waals surface area contributed by atoms with Crippen molar-refractivity contribution in [3.05, 3.63) is 53.6 Å². The van der Waals surface area contributed by atoms with Crippen LogP contribution < -0.4 is 20.1 Å². The standard InChI is InChI=1S/C20H24N2O3/c1-13-9-10-17-14(11-13)16(12-20(2,3)25-17)22-19(23)21-15-7-5-6-8-18(15)24-4/h5-11,16H,12H2,1-4H3,(H2,21,22,23)/t16-/m0/s1. The summed E-state index contributed by atoms with van der Waals surface area (Å²) in [6, 6.07) is 13.0. The number of urea groups is 1. The molecule has 2 amide bonds. The van der Waals surface area contributed by atoms with Crippen molar-refractivity contribution in [3.8, 4) is 11.5 Å². The Morgan fingerprint density at radius 2 is 2.00 bits per heavy atom. The lowest BCUT2D eigenvalue weighted by molar-refractivity contribution is 0.0682. The van der Waals surface area contributed by atoms with E-state index in [1.165, 1.54) is 0 Å². The summed E-state index contributed by atoms with van der Waals surface area (Å²) >= 11 is 0. The van der Waals surface area contributed by atoms with Gasteiger partial charge in [-0.3, -0.25) is 0 Å². The first-order chi connectivity index (χ1) is 11.9. The molecule has 0 aromatic heterocycles. The lowest BCUT2D eigenvalue weighted by Gasteiger charge is -2.38. The van der Waals surface area contributed by atoms with E-state index in [4.69, 9.17) is 9.47 Å². The first kappa shape index (κ1) is 17.1. The van der Waals surface area contributed by atoms with Gasteiger partial charge in [0, 0.05) is 12.0 Å². The van der Waals surface area contributed by atoms with E-state index < -0.39 is 0 Å². The number of carbonyl (C=O) groups is 1. The fourth-order valence-electron chi connectivity index (χ4n) is 3.17. The molecule has 5 heteroatoms. The summed E-state index contributed by atoms with van der Waals surface area (Å²) < 4.78 is 11.3. The lowest BCUT2D eigenvalue weighted by atomic mass is 9.89. The smallest absolute Gasteiger partial charge is 0.319 e. The van der Waals surface area contributed by atoms with Gasteiger partial charge in [-0.2, -0.15) is 0 Å². The molecular weight excluding hydrogens is 316 g/mol. The molecule has 1 atom stereocenters. The molecule has 0 fully saturated rings. The van der Waals surface area contributed by atoms with Crippen molar-refractivity contribution in [1.82, 2.24) is 5.32 Å². The maximum Gasteiger partial charge on any atom is 0.319 e. The van der Waals surface area contributed by atoms with E-state index in [1.807, 2.05) is 57.2 Å². The molecule has 1 heterocycles. The predicted molar refractivity (Wildman–Crippen MR) is 98.4 cm³/mol. The second-order valence-corrected chi connectivity index (χ2v) is 6.96. The Labute approximate surface area is 148 Å². The fraction of sp³-hybridized carbons (Fsp3) is 0.350. The normalized spacial score (nSPS) is 17.8. The first-order valence-electron chi connectivity index (χ1n) is 8.38. The maximum atomic E-state index is 12.5. The molecule has 2 aromatic carbocycles. The third kappa shape index (κ3) is 3.87. The Morgan fingerprint density at radius 1 is 1.24 bits per heavy atom. The molecule has 0 spiro atoms. The molecule has 3 rings (SSSR count). The van der Waals surface area contributed by atoms with Gasteiger partial charge in [-0.1, -0.05) is 29.8 Å². The van der Waals surface area contributed by atoms with Crippen LogP contribution >= 0.6 is 0 Å². The van der Waals surface area contributed by atoms with Gasteiger partial charge in [0.05, 0.1) is 18.8 Å². The van der Waals surface area contributed by atoms with Gasteiger partial charge < -0.3 is 20.1 Å². The number of rotatable bonds is 3. The molecule has 132 valence electrons. The Morgan fingerprint density at radius 3 is 2.76 bits per heavy atom. The number of aryl methyl sites for hydroxylation is 1. The second kappa shape index (κ2) is 6.67. The average Bonchev–Trinajstić information content (AvgIpc) is 2.55. The minimum atomic E-state index is -0.343.